The van der Waals surface area contributed by atoms with Crippen LogP contribution in [-0.2, 0) is 0 Å². The third-order valence-corrected chi connectivity index (χ3v) is 5.07. The van der Waals surface area contributed by atoms with Crippen molar-refractivity contribution in [1.29, 1.82) is 0 Å². The van der Waals surface area contributed by atoms with Crippen molar-refractivity contribution in [3.8, 4) is 16.9 Å². The highest BCUT2D eigenvalue weighted by atomic mass is 16.5. The number of ketones is 2. The Kier molecular flexibility index (Phi) is 6.04. The summed E-state index contributed by atoms with van der Waals surface area (Å²) in [6, 6.07) is 29.7. The van der Waals surface area contributed by atoms with Crippen LogP contribution in [0.4, 0.5) is 0 Å². The van der Waals surface area contributed by atoms with Crippen molar-refractivity contribution < 1.29 is 19.1 Å². The molecule has 0 unspecified atom stereocenters. The zero-order valence-corrected chi connectivity index (χ0v) is 17.4. The molecule has 4 aromatic carbocycles. The molecule has 4 rings (SSSR count). The third kappa shape index (κ3) is 4.71. The van der Waals surface area contributed by atoms with E-state index >= 15 is 0 Å². The molecule has 0 aliphatic rings. The number of aryl methyl sites for hydroxylation is 1. The van der Waals surface area contributed by atoms with Crippen molar-refractivity contribution in [3.63, 3.8) is 0 Å². The summed E-state index contributed by atoms with van der Waals surface area (Å²) >= 11 is 0. The largest absolute Gasteiger partial charge is 0.423 e. The van der Waals surface area contributed by atoms with Crippen LogP contribution in [0.1, 0.15) is 36.6 Å². The van der Waals surface area contributed by atoms with Crippen LogP contribution in [0.5, 0.6) is 5.75 Å². The maximum atomic E-state index is 12.5. The van der Waals surface area contributed by atoms with E-state index in [0.29, 0.717) is 11.3 Å². The minimum absolute atomic E-state index is 0.220. The predicted molar refractivity (Wildman–Crippen MR) is 123 cm³/mol. The molecule has 0 aromatic heterocycles. The van der Waals surface area contributed by atoms with Crippen LogP contribution in [0.2, 0.25) is 0 Å². The molecule has 0 heterocycles. The molecule has 0 N–H and O–H groups in total. The quantitative estimate of drug-likeness (QED) is 0.167. The van der Waals surface area contributed by atoms with Gasteiger partial charge in [0.1, 0.15) is 5.75 Å². The SMILES string of the molecule is Cc1ccc(-c2ccc(OC(=O)c3ccc(C(=O)C(=O)c4ccccc4)cc3)cc2)cc1. The van der Waals surface area contributed by atoms with E-state index in [9.17, 15) is 14.4 Å². The topological polar surface area (TPSA) is 60.4 Å². The van der Waals surface area contributed by atoms with Crippen LogP contribution in [0, 0.1) is 6.92 Å². The summed E-state index contributed by atoms with van der Waals surface area (Å²) in [5.74, 6) is -1.33. The van der Waals surface area contributed by atoms with Gasteiger partial charge >= 0.3 is 5.97 Å². The van der Waals surface area contributed by atoms with Crippen molar-refractivity contribution in [3.05, 3.63) is 125 Å². The van der Waals surface area contributed by atoms with Crippen LogP contribution in [0.15, 0.2) is 103 Å². The Bertz CT molecular complexity index is 1250. The molecule has 0 bridgehead atoms. The molecule has 0 radical (unpaired) electrons. The zero-order chi connectivity index (χ0) is 22.5. The fourth-order valence-corrected chi connectivity index (χ4v) is 3.24. The first kappa shape index (κ1) is 20.9. The van der Waals surface area contributed by atoms with Gasteiger partial charge in [-0.1, -0.05) is 84.4 Å². The number of carbonyl (C=O) groups is 3. The van der Waals surface area contributed by atoms with Crippen LogP contribution < -0.4 is 4.74 Å². The third-order valence-electron chi connectivity index (χ3n) is 5.07. The number of Topliss-reactive ketones (excluding diaryl/α,β-unsaturated/α-hetero) is 2. The van der Waals surface area contributed by atoms with Gasteiger partial charge in [0, 0.05) is 11.1 Å². The second-order valence-electron chi connectivity index (χ2n) is 7.38. The molecule has 0 amide bonds. The minimum Gasteiger partial charge on any atom is -0.423 e. The molecule has 0 atom stereocenters. The van der Waals surface area contributed by atoms with Crippen molar-refractivity contribution in [2.24, 2.45) is 0 Å². The summed E-state index contributed by atoms with van der Waals surface area (Å²) in [6.45, 7) is 2.04. The van der Waals surface area contributed by atoms with Gasteiger partial charge in [-0.05, 0) is 42.3 Å². The van der Waals surface area contributed by atoms with E-state index in [1.807, 2.05) is 43.3 Å². The van der Waals surface area contributed by atoms with Crippen molar-refractivity contribution in [1.82, 2.24) is 0 Å². The van der Waals surface area contributed by atoms with Crippen LogP contribution >= 0.6 is 0 Å². The lowest BCUT2D eigenvalue weighted by molar-refractivity contribution is 0.0734. The predicted octanol–water partition coefficient (Wildman–Crippen LogP) is 5.95. The number of esters is 1. The molecular formula is C28H20O4. The molecule has 156 valence electrons. The Morgan fingerprint density at radius 1 is 0.531 bits per heavy atom. The van der Waals surface area contributed by atoms with Gasteiger partial charge in [-0.25, -0.2) is 4.79 Å². The Morgan fingerprint density at radius 3 is 1.56 bits per heavy atom. The summed E-state index contributed by atoms with van der Waals surface area (Å²) in [7, 11) is 0. The van der Waals surface area contributed by atoms with Gasteiger partial charge in [-0.3, -0.25) is 9.59 Å². The molecule has 0 spiro atoms. The van der Waals surface area contributed by atoms with E-state index in [4.69, 9.17) is 4.74 Å². The number of rotatable bonds is 6. The number of ether oxygens (including phenoxy) is 1. The molecule has 32 heavy (non-hydrogen) atoms. The Labute approximate surface area is 186 Å². The number of benzene rings is 4. The van der Waals surface area contributed by atoms with Gasteiger partial charge in [0.25, 0.3) is 0 Å². The first-order chi connectivity index (χ1) is 15.5. The lowest BCUT2D eigenvalue weighted by Crippen LogP contribution is -2.15. The molecule has 4 nitrogen and oxygen atoms in total. The molecule has 0 aliphatic carbocycles. The Morgan fingerprint density at radius 2 is 1.00 bits per heavy atom. The first-order valence-electron chi connectivity index (χ1n) is 10.1. The second-order valence-corrected chi connectivity index (χ2v) is 7.38. The summed E-state index contributed by atoms with van der Waals surface area (Å²) in [6.07, 6.45) is 0. The lowest BCUT2D eigenvalue weighted by Gasteiger charge is -2.07. The molecule has 0 aliphatic heterocycles. The average molecular weight is 420 g/mol. The maximum absolute atomic E-state index is 12.5. The second kappa shape index (κ2) is 9.23. The zero-order valence-electron chi connectivity index (χ0n) is 17.4. The summed E-state index contributed by atoms with van der Waals surface area (Å²) < 4.78 is 5.44. The molecular weight excluding hydrogens is 400 g/mol. The normalized spacial score (nSPS) is 10.4. The highest BCUT2D eigenvalue weighted by molar-refractivity contribution is 6.49. The van der Waals surface area contributed by atoms with Crippen LogP contribution in [-0.4, -0.2) is 17.5 Å². The molecule has 0 saturated heterocycles. The average Bonchev–Trinajstić information content (AvgIpc) is 2.85. The number of hydrogen-bond donors (Lipinski definition) is 0. The lowest BCUT2D eigenvalue weighted by atomic mass is 10.0. The number of carbonyl (C=O) groups excluding carboxylic acids is 3. The minimum atomic E-state index is -0.622. The highest BCUT2D eigenvalue weighted by Gasteiger charge is 2.18. The highest BCUT2D eigenvalue weighted by Crippen LogP contribution is 2.23. The van der Waals surface area contributed by atoms with E-state index in [1.165, 1.54) is 29.8 Å². The van der Waals surface area contributed by atoms with E-state index in [-0.39, 0.29) is 11.1 Å². The van der Waals surface area contributed by atoms with Crippen LogP contribution in [0.25, 0.3) is 11.1 Å². The van der Waals surface area contributed by atoms with Gasteiger partial charge < -0.3 is 4.74 Å². The van der Waals surface area contributed by atoms with Gasteiger partial charge in [-0.2, -0.15) is 0 Å². The van der Waals surface area contributed by atoms with E-state index in [0.717, 1.165) is 11.1 Å². The molecule has 4 aromatic rings. The molecule has 0 fully saturated rings. The van der Waals surface area contributed by atoms with E-state index in [2.05, 4.69) is 0 Å². The van der Waals surface area contributed by atoms with E-state index < -0.39 is 17.5 Å². The Hall–Kier alpha value is -4.31. The first-order valence-corrected chi connectivity index (χ1v) is 10.1. The fourth-order valence-electron chi connectivity index (χ4n) is 3.24. The fraction of sp³-hybridized carbons (Fsp3) is 0.0357. The van der Waals surface area contributed by atoms with Crippen molar-refractivity contribution in [2.45, 2.75) is 6.92 Å². The molecule has 4 heteroatoms. The van der Waals surface area contributed by atoms with Gasteiger partial charge in [0.2, 0.25) is 11.6 Å². The van der Waals surface area contributed by atoms with Crippen molar-refractivity contribution in [2.75, 3.05) is 0 Å². The monoisotopic (exact) mass is 420 g/mol. The van der Waals surface area contributed by atoms with E-state index in [1.54, 1.807) is 42.5 Å². The van der Waals surface area contributed by atoms with Gasteiger partial charge in [-0.15, -0.1) is 0 Å². The standard InChI is InChI=1S/C28H20O4/c1-19-7-9-20(10-8-19)21-15-17-25(18-16-21)32-28(31)24-13-11-23(12-14-24)27(30)26(29)22-5-3-2-4-6-22/h2-18H,1H3. The van der Waals surface area contributed by atoms with Crippen LogP contribution in [0.3, 0.4) is 0 Å². The smallest absolute Gasteiger partial charge is 0.343 e. The van der Waals surface area contributed by atoms with Gasteiger partial charge in [0.05, 0.1) is 5.56 Å². The maximum Gasteiger partial charge on any atom is 0.343 e. The Balaban J connectivity index is 1.42. The number of hydrogen-bond acceptors (Lipinski definition) is 4. The van der Waals surface area contributed by atoms with Crippen molar-refractivity contribution >= 4 is 17.5 Å². The summed E-state index contributed by atoms with van der Waals surface area (Å²) in [4.78, 5) is 37.2. The summed E-state index contributed by atoms with van der Waals surface area (Å²) in [5, 5.41) is 0. The van der Waals surface area contributed by atoms with Gasteiger partial charge in [0.15, 0.2) is 0 Å². The summed E-state index contributed by atoms with van der Waals surface area (Å²) in [5.41, 5.74) is 4.13. The molecule has 0 saturated carbocycles.